The predicted octanol–water partition coefficient (Wildman–Crippen LogP) is 12.4. The van der Waals surface area contributed by atoms with Crippen LogP contribution in [0.2, 0.25) is 0 Å². The summed E-state index contributed by atoms with van der Waals surface area (Å²) < 4.78 is 5.91. The van der Waals surface area contributed by atoms with Gasteiger partial charge in [0.2, 0.25) is 0 Å². The molecule has 0 aliphatic heterocycles. The minimum Gasteiger partial charge on any atom is -0.481 e. The van der Waals surface area contributed by atoms with E-state index in [0.717, 1.165) is 64.2 Å². The van der Waals surface area contributed by atoms with E-state index in [2.05, 4.69) is 38.2 Å². The van der Waals surface area contributed by atoms with Gasteiger partial charge in [0.15, 0.2) is 0 Å². The molecule has 0 saturated carbocycles. The molecule has 1 N–H and O–H groups in total. The highest BCUT2D eigenvalue weighted by molar-refractivity contribution is 5.69. The highest BCUT2D eigenvalue weighted by Crippen LogP contribution is 2.18. The fourth-order valence-corrected chi connectivity index (χ4v) is 5.45. The summed E-state index contributed by atoms with van der Waals surface area (Å²) in [6.07, 6.45) is 42.2. The molecule has 4 heteroatoms. The van der Waals surface area contributed by atoms with Crippen LogP contribution in [-0.4, -0.2) is 23.1 Å². The van der Waals surface area contributed by atoms with Gasteiger partial charge in [0, 0.05) is 12.8 Å². The number of esters is 1. The molecule has 0 aliphatic carbocycles. The first kappa shape index (κ1) is 40.4. The lowest BCUT2D eigenvalue weighted by molar-refractivity contribution is -0.150. The van der Waals surface area contributed by atoms with Gasteiger partial charge < -0.3 is 9.84 Å². The molecular weight excluding hydrogens is 520 g/mol. The van der Waals surface area contributed by atoms with Crippen LogP contribution >= 0.6 is 0 Å². The Bertz CT molecular complexity index is 639. The average Bonchev–Trinajstić information content (AvgIpc) is 2.97. The smallest absolute Gasteiger partial charge is 0.306 e. The van der Waals surface area contributed by atoms with E-state index >= 15 is 0 Å². The van der Waals surface area contributed by atoms with Crippen molar-refractivity contribution in [3.8, 4) is 0 Å². The van der Waals surface area contributed by atoms with E-state index in [4.69, 9.17) is 9.84 Å². The molecule has 0 spiro atoms. The van der Waals surface area contributed by atoms with Crippen LogP contribution in [0.4, 0.5) is 0 Å². The second-order valence-electron chi connectivity index (χ2n) is 12.4. The van der Waals surface area contributed by atoms with Crippen LogP contribution in [0, 0.1) is 0 Å². The zero-order valence-electron chi connectivity index (χ0n) is 28.1. The van der Waals surface area contributed by atoms with Crippen molar-refractivity contribution in [3.63, 3.8) is 0 Å². The molecule has 0 amide bonds. The predicted molar refractivity (Wildman–Crippen MR) is 181 cm³/mol. The van der Waals surface area contributed by atoms with Crippen LogP contribution in [0.3, 0.4) is 0 Å². The number of unbranched alkanes of at least 4 members (excludes halogenated alkanes) is 20. The van der Waals surface area contributed by atoms with E-state index in [9.17, 15) is 9.59 Å². The number of carboxylic acid groups (broad SMARTS) is 1. The Morgan fingerprint density at radius 2 is 0.929 bits per heavy atom. The monoisotopic (exact) mass is 591 g/mol. The van der Waals surface area contributed by atoms with Crippen molar-refractivity contribution in [2.45, 2.75) is 206 Å². The molecule has 4 nitrogen and oxygen atoms in total. The Hall–Kier alpha value is -1.58. The van der Waals surface area contributed by atoms with E-state index in [1.54, 1.807) is 0 Å². The maximum absolute atomic E-state index is 12.5. The summed E-state index contributed by atoms with van der Waals surface area (Å²) in [6, 6.07) is 0. The van der Waals surface area contributed by atoms with Gasteiger partial charge in [0.1, 0.15) is 6.10 Å². The van der Waals surface area contributed by atoms with Gasteiger partial charge in [0.05, 0.1) is 0 Å². The maximum atomic E-state index is 12.5. The van der Waals surface area contributed by atoms with Gasteiger partial charge >= 0.3 is 11.9 Å². The molecule has 42 heavy (non-hydrogen) atoms. The van der Waals surface area contributed by atoms with Crippen LogP contribution in [0.1, 0.15) is 200 Å². The lowest BCUT2D eigenvalue weighted by atomic mass is 10.0. The van der Waals surface area contributed by atoms with Crippen molar-refractivity contribution in [1.82, 2.24) is 0 Å². The largest absolute Gasteiger partial charge is 0.481 e. The molecule has 0 aromatic heterocycles. The van der Waals surface area contributed by atoms with E-state index < -0.39 is 5.97 Å². The molecule has 0 rings (SSSR count). The number of hydrogen-bond donors (Lipinski definition) is 1. The number of hydrogen-bond acceptors (Lipinski definition) is 3. The molecule has 0 saturated heterocycles. The molecule has 0 aromatic rings. The normalized spacial score (nSPS) is 12.4. The molecular formula is C38H70O4. The quantitative estimate of drug-likeness (QED) is 0.0469. The molecule has 0 aliphatic rings. The van der Waals surface area contributed by atoms with Crippen LogP contribution < -0.4 is 0 Å². The summed E-state index contributed by atoms with van der Waals surface area (Å²) >= 11 is 0. The van der Waals surface area contributed by atoms with Crippen molar-refractivity contribution < 1.29 is 19.4 Å². The summed E-state index contributed by atoms with van der Waals surface area (Å²) in [5.41, 5.74) is 0. The van der Waals surface area contributed by atoms with Crippen molar-refractivity contribution in [2.24, 2.45) is 0 Å². The molecule has 0 fully saturated rings. The van der Waals surface area contributed by atoms with Crippen LogP contribution in [0.15, 0.2) is 24.3 Å². The Kier molecular flexibility index (Phi) is 32.6. The third-order valence-corrected chi connectivity index (χ3v) is 8.18. The van der Waals surface area contributed by atoms with Crippen LogP contribution in [0.25, 0.3) is 0 Å². The van der Waals surface area contributed by atoms with Crippen molar-refractivity contribution in [1.29, 1.82) is 0 Å². The Labute approximate surface area is 261 Å². The molecule has 1 unspecified atom stereocenters. The summed E-state index contributed by atoms with van der Waals surface area (Å²) in [5.74, 6) is -0.682. The third-order valence-electron chi connectivity index (χ3n) is 8.18. The van der Waals surface area contributed by atoms with Crippen molar-refractivity contribution in [2.75, 3.05) is 0 Å². The zero-order valence-corrected chi connectivity index (χ0v) is 28.1. The highest BCUT2D eigenvalue weighted by atomic mass is 16.5. The first-order valence-corrected chi connectivity index (χ1v) is 18.3. The standard InChI is InChI=1S/C38H70O4/c1-3-5-7-8-9-10-11-12-13-14-15-16-17-18-19-20-24-27-31-35-38(41)42-36(32-28-6-4-2)33-29-25-22-21-23-26-30-34-37(39)40/h9-10,12-13,36H,3-8,11,14-35H2,1-2H3,(H,39,40)/b10-9-,13-12-. The van der Waals surface area contributed by atoms with E-state index in [0.29, 0.717) is 12.8 Å². The molecule has 1 atom stereocenters. The Balaban J connectivity index is 3.70. The second-order valence-corrected chi connectivity index (χ2v) is 12.4. The number of carbonyl (C=O) groups is 2. The number of aliphatic carboxylic acids is 1. The molecule has 0 heterocycles. The number of carboxylic acids is 1. The Morgan fingerprint density at radius 3 is 1.45 bits per heavy atom. The van der Waals surface area contributed by atoms with Crippen molar-refractivity contribution >= 4 is 11.9 Å². The van der Waals surface area contributed by atoms with Crippen LogP contribution in [0.5, 0.6) is 0 Å². The second kappa shape index (κ2) is 33.9. The number of carbonyl (C=O) groups excluding carboxylic acids is 1. The lowest BCUT2D eigenvalue weighted by Crippen LogP contribution is -2.18. The fraction of sp³-hybridized carbons (Fsp3) is 0.842. The third kappa shape index (κ3) is 32.9. The summed E-state index contributed by atoms with van der Waals surface area (Å²) in [5, 5.41) is 8.70. The SMILES string of the molecule is CCCCC/C=C\C/C=C\CCCCCCCCCCCC(=O)OC(CCCCC)CCCCCCCCCC(=O)O. The summed E-state index contributed by atoms with van der Waals surface area (Å²) in [6.45, 7) is 4.47. The van der Waals surface area contributed by atoms with Gasteiger partial charge in [-0.05, 0) is 70.6 Å². The van der Waals surface area contributed by atoms with Gasteiger partial charge in [-0.25, -0.2) is 0 Å². The van der Waals surface area contributed by atoms with E-state index in [1.807, 2.05) is 0 Å². The molecule has 0 radical (unpaired) electrons. The molecule has 246 valence electrons. The zero-order chi connectivity index (χ0) is 30.8. The van der Waals surface area contributed by atoms with Gasteiger partial charge in [0.25, 0.3) is 0 Å². The number of rotatable bonds is 33. The summed E-state index contributed by atoms with van der Waals surface area (Å²) in [7, 11) is 0. The van der Waals surface area contributed by atoms with E-state index in [-0.39, 0.29) is 12.1 Å². The van der Waals surface area contributed by atoms with Gasteiger partial charge in [-0.15, -0.1) is 0 Å². The topological polar surface area (TPSA) is 63.6 Å². The average molecular weight is 591 g/mol. The minimum atomic E-state index is -0.689. The van der Waals surface area contributed by atoms with Gasteiger partial charge in [-0.3, -0.25) is 9.59 Å². The first-order valence-electron chi connectivity index (χ1n) is 18.3. The molecule has 0 aromatic carbocycles. The van der Waals surface area contributed by atoms with Crippen molar-refractivity contribution in [3.05, 3.63) is 24.3 Å². The highest BCUT2D eigenvalue weighted by Gasteiger charge is 2.14. The van der Waals surface area contributed by atoms with E-state index in [1.165, 1.54) is 109 Å². The first-order chi connectivity index (χ1) is 20.6. The summed E-state index contributed by atoms with van der Waals surface area (Å²) in [4.78, 5) is 23.1. The maximum Gasteiger partial charge on any atom is 0.306 e. The van der Waals surface area contributed by atoms with Gasteiger partial charge in [-0.2, -0.15) is 0 Å². The van der Waals surface area contributed by atoms with Gasteiger partial charge in [-0.1, -0.05) is 141 Å². The minimum absolute atomic E-state index is 0.00646. The lowest BCUT2D eigenvalue weighted by Gasteiger charge is -2.18. The molecule has 0 bridgehead atoms. The number of allylic oxidation sites excluding steroid dienone is 4. The Morgan fingerprint density at radius 1 is 0.524 bits per heavy atom. The fourth-order valence-electron chi connectivity index (χ4n) is 5.45. The number of ether oxygens (including phenoxy) is 1. The van der Waals surface area contributed by atoms with Crippen LogP contribution in [-0.2, 0) is 14.3 Å².